The number of benzene rings is 1. The van der Waals surface area contributed by atoms with E-state index in [4.69, 9.17) is 5.26 Å². The molecule has 0 atom stereocenters. The zero-order valence-corrected chi connectivity index (χ0v) is 11.5. The number of hydrogen-bond donors (Lipinski definition) is 2. The second kappa shape index (κ2) is 7.49. The first-order valence-electron chi connectivity index (χ1n) is 5.99. The number of anilines is 1. The number of carbonyl (C=O) groups excluding carboxylic acids is 2. The average molecular weight is 290 g/mol. The zero-order valence-electron chi connectivity index (χ0n) is 11.5. The van der Waals surface area contributed by atoms with Crippen molar-refractivity contribution in [3.8, 4) is 11.9 Å². The molecule has 0 saturated carbocycles. The Balaban J connectivity index is 2.76. The van der Waals surface area contributed by atoms with Gasteiger partial charge in [-0.3, -0.25) is 10.1 Å². The number of hydrogen-bond acceptors (Lipinski definition) is 7. The van der Waals surface area contributed by atoms with Gasteiger partial charge in [-0.1, -0.05) is 0 Å². The Labute approximate surface area is 121 Å². The van der Waals surface area contributed by atoms with Crippen molar-refractivity contribution in [3.05, 3.63) is 23.8 Å². The van der Waals surface area contributed by atoms with Crippen molar-refractivity contribution in [1.29, 1.82) is 5.26 Å². The largest absolute Gasteiger partial charge is 0.508 e. The number of phenolic OH excluding ortho intramolecular Hbond substituents is 1. The molecule has 1 aromatic rings. The number of aromatic hydroxyl groups is 1. The van der Waals surface area contributed by atoms with Gasteiger partial charge in [0.2, 0.25) is 6.19 Å². The fraction of sp³-hybridized carbons (Fsp3) is 0.231. The van der Waals surface area contributed by atoms with Gasteiger partial charge < -0.3 is 9.84 Å². The maximum absolute atomic E-state index is 11.4. The molecule has 0 aliphatic heterocycles. The summed E-state index contributed by atoms with van der Waals surface area (Å²) < 4.78 is 4.52. The monoisotopic (exact) mass is 290 g/mol. The van der Waals surface area contributed by atoms with E-state index in [9.17, 15) is 14.7 Å². The van der Waals surface area contributed by atoms with Crippen molar-refractivity contribution in [3.63, 3.8) is 0 Å². The third-order valence-electron chi connectivity index (χ3n) is 2.31. The molecule has 0 aliphatic rings. The predicted molar refractivity (Wildman–Crippen MR) is 74.6 cm³/mol. The summed E-state index contributed by atoms with van der Waals surface area (Å²) in [5.74, 6) is -0.732. The van der Waals surface area contributed by atoms with Crippen LogP contribution in [0.25, 0.3) is 0 Å². The molecule has 110 valence electrons. The Hall–Kier alpha value is -3.08. The number of phenols is 1. The van der Waals surface area contributed by atoms with E-state index in [0.717, 1.165) is 11.2 Å². The van der Waals surface area contributed by atoms with Gasteiger partial charge in [-0.25, -0.2) is 4.79 Å². The lowest BCUT2D eigenvalue weighted by Gasteiger charge is -2.10. The van der Waals surface area contributed by atoms with Crippen molar-refractivity contribution >= 4 is 23.9 Å². The minimum absolute atomic E-state index is 0.0840. The van der Waals surface area contributed by atoms with E-state index >= 15 is 0 Å². The Morgan fingerprint density at radius 3 is 2.86 bits per heavy atom. The summed E-state index contributed by atoms with van der Waals surface area (Å²) in [4.78, 5) is 22.4. The number of nitrogens with zero attached hydrogens (tertiary/aromatic N) is 3. The van der Waals surface area contributed by atoms with Gasteiger partial charge in [0.05, 0.1) is 12.3 Å². The number of amides is 2. The van der Waals surface area contributed by atoms with E-state index in [1.54, 1.807) is 20.0 Å². The molecule has 0 heterocycles. The highest BCUT2D eigenvalue weighted by molar-refractivity contribution is 6.29. The standard InChI is InChI=1S/C13H14N4O4/c1-3-21-13(20)16-12(19)7-15-17(8-14)10-4-5-11(18)9(2)6-10/h4-7,18H,3H2,1-2H3,(H,16,19,20)/b15-7-. The molecule has 0 unspecified atom stereocenters. The first-order chi connectivity index (χ1) is 9.97. The molecule has 0 aliphatic carbocycles. The molecule has 1 rings (SSSR count). The topological polar surface area (TPSA) is 115 Å². The third kappa shape index (κ3) is 4.83. The highest BCUT2D eigenvalue weighted by Crippen LogP contribution is 2.22. The van der Waals surface area contributed by atoms with Crippen molar-refractivity contribution < 1.29 is 19.4 Å². The van der Waals surface area contributed by atoms with Crippen LogP contribution >= 0.6 is 0 Å². The lowest BCUT2D eigenvalue weighted by Crippen LogP contribution is -2.32. The van der Waals surface area contributed by atoms with Crippen LogP contribution in [-0.4, -0.2) is 29.9 Å². The van der Waals surface area contributed by atoms with Gasteiger partial charge in [-0.15, -0.1) is 0 Å². The Kier molecular flexibility index (Phi) is 5.70. The number of nitriles is 1. The van der Waals surface area contributed by atoms with E-state index in [1.807, 2.05) is 5.32 Å². The van der Waals surface area contributed by atoms with E-state index in [1.165, 1.54) is 18.2 Å². The molecule has 0 radical (unpaired) electrons. The second-order valence-electron chi connectivity index (χ2n) is 3.84. The first kappa shape index (κ1) is 16.0. The van der Waals surface area contributed by atoms with E-state index in [2.05, 4.69) is 9.84 Å². The number of alkyl carbamates (subject to hydrolysis) is 1. The molecule has 21 heavy (non-hydrogen) atoms. The number of aryl methyl sites for hydroxylation is 1. The number of imide groups is 1. The summed E-state index contributed by atoms with van der Waals surface area (Å²) >= 11 is 0. The van der Waals surface area contributed by atoms with Crippen molar-refractivity contribution in [2.45, 2.75) is 13.8 Å². The second-order valence-corrected chi connectivity index (χ2v) is 3.84. The lowest BCUT2D eigenvalue weighted by molar-refractivity contribution is -0.113. The molecule has 0 spiro atoms. The van der Waals surface area contributed by atoms with Crippen LogP contribution in [0.15, 0.2) is 23.3 Å². The molecular formula is C13H14N4O4. The first-order valence-corrected chi connectivity index (χ1v) is 5.99. The third-order valence-corrected chi connectivity index (χ3v) is 2.31. The summed E-state index contributed by atoms with van der Waals surface area (Å²) in [6.45, 7) is 3.39. The number of carbonyl (C=O) groups is 2. The van der Waals surface area contributed by atoms with E-state index in [0.29, 0.717) is 11.3 Å². The minimum Gasteiger partial charge on any atom is -0.508 e. The smallest absolute Gasteiger partial charge is 0.414 e. The quantitative estimate of drug-likeness (QED) is 0.373. The lowest BCUT2D eigenvalue weighted by atomic mass is 10.2. The molecule has 0 aromatic heterocycles. The van der Waals surface area contributed by atoms with Crippen LogP contribution < -0.4 is 10.3 Å². The molecule has 8 heteroatoms. The van der Waals surface area contributed by atoms with Gasteiger partial charge in [0.1, 0.15) is 12.0 Å². The SMILES string of the molecule is CCOC(=O)NC(=O)/C=N\N(C#N)c1ccc(O)c(C)c1. The predicted octanol–water partition coefficient (Wildman–Crippen LogP) is 1.25. The molecule has 2 amide bonds. The van der Waals surface area contributed by atoms with Crippen LogP contribution in [0.4, 0.5) is 10.5 Å². The van der Waals surface area contributed by atoms with Gasteiger partial charge >= 0.3 is 6.09 Å². The number of hydrazone groups is 1. The van der Waals surface area contributed by atoms with Crippen LogP contribution in [0.5, 0.6) is 5.75 Å². The Morgan fingerprint density at radius 2 is 2.29 bits per heavy atom. The molecule has 0 fully saturated rings. The normalized spacial score (nSPS) is 9.95. The zero-order chi connectivity index (χ0) is 15.8. The summed E-state index contributed by atoms with van der Waals surface area (Å²) in [7, 11) is 0. The summed E-state index contributed by atoms with van der Waals surface area (Å²) in [6.07, 6.45) is 1.65. The minimum atomic E-state index is -0.891. The summed E-state index contributed by atoms with van der Waals surface area (Å²) in [6, 6.07) is 4.40. The van der Waals surface area contributed by atoms with Gasteiger partial charge in [-0.05, 0) is 37.6 Å². The van der Waals surface area contributed by atoms with Crippen LogP contribution in [0.3, 0.4) is 0 Å². The van der Waals surface area contributed by atoms with Gasteiger partial charge in [0, 0.05) is 0 Å². The highest BCUT2D eigenvalue weighted by atomic mass is 16.5. The Morgan fingerprint density at radius 1 is 1.57 bits per heavy atom. The van der Waals surface area contributed by atoms with Crippen molar-refractivity contribution in [2.75, 3.05) is 11.6 Å². The van der Waals surface area contributed by atoms with Crippen LogP contribution in [0.2, 0.25) is 0 Å². The maximum Gasteiger partial charge on any atom is 0.414 e. The molecule has 8 nitrogen and oxygen atoms in total. The van der Waals surface area contributed by atoms with Crippen LogP contribution in [0.1, 0.15) is 12.5 Å². The van der Waals surface area contributed by atoms with E-state index in [-0.39, 0.29) is 12.4 Å². The Bertz CT molecular complexity index is 607. The van der Waals surface area contributed by atoms with Crippen LogP contribution in [0, 0.1) is 18.4 Å². The molecule has 0 saturated heterocycles. The van der Waals surface area contributed by atoms with Crippen molar-refractivity contribution in [1.82, 2.24) is 5.32 Å². The fourth-order valence-corrected chi connectivity index (χ4v) is 1.33. The number of ether oxygens (including phenoxy) is 1. The van der Waals surface area contributed by atoms with Crippen LogP contribution in [-0.2, 0) is 9.53 Å². The van der Waals surface area contributed by atoms with Gasteiger partial charge in [0.25, 0.3) is 5.91 Å². The number of rotatable bonds is 4. The molecular weight excluding hydrogens is 276 g/mol. The molecule has 2 N–H and O–H groups in total. The maximum atomic E-state index is 11.4. The fourth-order valence-electron chi connectivity index (χ4n) is 1.33. The molecule has 0 bridgehead atoms. The summed E-state index contributed by atoms with van der Waals surface area (Å²) in [5, 5.41) is 24.8. The van der Waals surface area contributed by atoms with Crippen molar-refractivity contribution in [2.24, 2.45) is 5.10 Å². The average Bonchev–Trinajstić information content (AvgIpc) is 2.43. The van der Waals surface area contributed by atoms with E-state index < -0.39 is 12.0 Å². The molecule has 1 aromatic carbocycles. The number of nitrogens with one attached hydrogen (secondary N) is 1. The van der Waals surface area contributed by atoms with Gasteiger partial charge in [-0.2, -0.15) is 15.4 Å². The highest BCUT2D eigenvalue weighted by Gasteiger charge is 2.08. The summed E-state index contributed by atoms with van der Waals surface area (Å²) in [5.41, 5.74) is 0.923. The van der Waals surface area contributed by atoms with Gasteiger partial charge in [0.15, 0.2) is 0 Å².